The Kier molecular flexibility index (Phi) is 5.88. The second-order valence-corrected chi connectivity index (χ2v) is 7.62. The van der Waals surface area contributed by atoms with Crippen LogP contribution in [0, 0.1) is 5.82 Å². The Hall–Kier alpha value is -2.93. The molecule has 2 aromatic rings. The van der Waals surface area contributed by atoms with Crippen LogP contribution in [0.3, 0.4) is 0 Å². The van der Waals surface area contributed by atoms with Gasteiger partial charge in [-0.15, -0.1) is 0 Å². The second-order valence-electron chi connectivity index (χ2n) is 7.21. The number of halogens is 2. The molecule has 2 N–H and O–H groups in total. The van der Waals surface area contributed by atoms with Gasteiger partial charge in [-0.05, 0) is 50.5 Å². The number of carbonyl (C=O) groups is 3. The van der Waals surface area contributed by atoms with Gasteiger partial charge >= 0.3 is 6.03 Å². The zero-order valence-electron chi connectivity index (χ0n) is 16.0. The summed E-state index contributed by atoms with van der Waals surface area (Å²) in [6.45, 7) is 3.10. The minimum Gasteiger partial charge on any atom is -0.323 e. The summed E-state index contributed by atoms with van der Waals surface area (Å²) in [6.07, 6.45) is 0.999. The Morgan fingerprint density at radius 3 is 2.59 bits per heavy atom. The van der Waals surface area contributed by atoms with Crippen LogP contribution < -0.4 is 10.6 Å². The first-order valence-corrected chi connectivity index (χ1v) is 9.55. The lowest BCUT2D eigenvalue weighted by Crippen LogP contribution is -2.48. The number of rotatable bonds is 6. The number of urea groups is 1. The first-order chi connectivity index (χ1) is 13.7. The number of hydrogen-bond donors (Lipinski definition) is 2. The third-order valence-electron chi connectivity index (χ3n) is 5.00. The maximum absolute atomic E-state index is 13.2. The number of nitrogens with one attached hydrogen (secondary N) is 2. The van der Waals surface area contributed by atoms with Crippen LogP contribution in [0.2, 0.25) is 5.02 Å². The van der Waals surface area contributed by atoms with Crippen molar-refractivity contribution >= 4 is 35.1 Å². The Morgan fingerprint density at radius 1 is 1.24 bits per heavy atom. The summed E-state index contributed by atoms with van der Waals surface area (Å²) in [5.41, 5.74) is 0.143. The quantitative estimate of drug-likeness (QED) is 0.702. The van der Waals surface area contributed by atoms with E-state index in [2.05, 4.69) is 10.6 Å². The van der Waals surface area contributed by atoms with Gasteiger partial charge in [-0.25, -0.2) is 14.1 Å². The summed E-state index contributed by atoms with van der Waals surface area (Å²) in [5.74, 6) is -1.61. The van der Waals surface area contributed by atoms with Gasteiger partial charge in [0.15, 0.2) is 0 Å². The van der Waals surface area contributed by atoms with Crippen LogP contribution in [0.15, 0.2) is 48.5 Å². The lowest BCUT2D eigenvalue weighted by Gasteiger charge is -2.24. The first-order valence-electron chi connectivity index (χ1n) is 9.17. The standard InChI is InChI=1S/C21H21ClFN3O3/c1-13(18(27)24-17-9-8-15(23)12-16(17)22)26-19(28)21(2,25-20(26)29)11-10-14-6-4-3-5-7-14/h3-9,12-13H,10-11H2,1-2H3,(H,24,27)(H,25,29)/t13-,21-/m0/s1. The van der Waals surface area contributed by atoms with E-state index in [1.807, 2.05) is 30.3 Å². The van der Waals surface area contributed by atoms with Crippen molar-refractivity contribution in [2.75, 3.05) is 5.32 Å². The van der Waals surface area contributed by atoms with Gasteiger partial charge in [0.1, 0.15) is 17.4 Å². The molecule has 1 fully saturated rings. The molecular weight excluding hydrogens is 397 g/mol. The van der Waals surface area contributed by atoms with Crippen LogP contribution in [-0.2, 0) is 16.0 Å². The molecule has 1 heterocycles. The molecule has 1 aliphatic rings. The molecule has 1 aliphatic heterocycles. The van der Waals surface area contributed by atoms with Gasteiger partial charge < -0.3 is 10.6 Å². The van der Waals surface area contributed by atoms with E-state index >= 15 is 0 Å². The van der Waals surface area contributed by atoms with Crippen molar-refractivity contribution in [1.82, 2.24) is 10.2 Å². The van der Waals surface area contributed by atoms with Crippen molar-refractivity contribution in [3.05, 3.63) is 64.9 Å². The molecule has 4 amide bonds. The van der Waals surface area contributed by atoms with Crippen LogP contribution >= 0.6 is 11.6 Å². The van der Waals surface area contributed by atoms with E-state index in [0.717, 1.165) is 22.6 Å². The summed E-state index contributed by atoms with van der Waals surface area (Å²) in [4.78, 5) is 38.9. The van der Waals surface area contributed by atoms with Crippen LogP contribution in [0.5, 0.6) is 0 Å². The predicted molar refractivity (Wildman–Crippen MR) is 108 cm³/mol. The van der Waals surface area contributed by atoms with E-state index in [1.165, 1.54) is 13.0 Å². The minimum absolute atomic E-state index is 0.0236. The molecule has 1 saturated heterocycles. The molecule has 0 radical (unpaired) electrons. The Labute approximate surface area is 173 Å². The fourth-order valence-corrected chi connectivity index (χ4v) is 3.43. The molecule has 29 heavy (non-hydrogen) atoms. The fourth-order valence-electron chi connectivity index (χ4n) is 3.21. The molecule has 0 unspecified atom stereocenters. The largest absolute Gasteiger partial charge is 0.325 e. The van der Waals surface area contributed by atoms with Crippen molar-refractivity contribution < 1.29 is 18.8 Å². The third kappa shape index (κ3) is 4.40. The van der Waals surface area contributed by atoms with E-state index in [4.69, 9.17) is 11.6 Å². The number of hydrogen-bond acceptors (Lipinski definition) is 3. The number of amides is 4. The number of benzene rings is 2. The highest BCUT2D eigenvalue weighted by Gasteiger charge is 2.50. The van der Waals surface area contributed by atoms with Crippen molar-refractivity contribution in [2.45, 2.75) is 38.3 Å². The summed E-state index contributed by atoms with van der Waals surface area (Å²) in [5, 5.41) is 5.25. The van der Waals surface area contributed by atoms with Gasteiger partial charge in [0.05, 0.1) is 10.7 Å². The van der Waals surface area contributed by atoms with Gasteiger partial charge in [0.2, 0.25) is 5.91 Å². The van der Waals surface area contributed by atoms with Crippen molar-refractivity contribution in [3.63, 3.8) is 0 Å². The monoisotopic (exact) mass is 417 g/mol. The lowest BCUT2D eigenvalue weighted by molar-refractivity contribution is -0.136. The SMILES string of the molecule is C[C@@H](C(=O)Nc1ccc(F)cc1Cl)N1C(=O)N[C@@](C)(CCc2ccccc2)C1=O. The van der Waals surface area contributed by atoms with Crippen LogP contribution in [0.1, 0.15) is 25.8 Å². The second kappa shape index (κ2) is 8.21. The molecule has 0 aromatic heterocycles. The summed E-state index contributed by atoms with van der Waals surface area (Å²) < 4.78 is 13.2. The highest BCUT2D eigenvalue weighted by atomic mass is 35.5. The maximum atomic E-state index is 13.2. The van der Waals surface area contributed by atoms with Crippen LogP contribution in [-0.4, -0.2) is 34.3 Å². The van der Waals surface area contributed by atoms with Crippen LogP contribution in [0.4, 0.5) is 14.9 Å². The smallest absolute Gasteiger partial charge is 0.323 e. The number of imide groups is 1. The average Bonchev–Trinajstić information content (AvgIpc) is 2.91. The highest BCUT2D eigenvalue weighted by molar-refractivity contribution is 6.33. The highest BCUT2D eigenvalue weighted by Crippen LogP contribution is 2.27. The van der Waals surface area contributed by atoms with Gasteiger partial charge in [0.25, 0.3) is 5.91 Å². The Bertz CT molecular complexity index is 953. The van der Waals surface area contributed by atoms with E-state index in [0.29, 0.717) is 12.8 Å². The van der Waals surface area contributed by atoms with E-state index < -0.39 is 35.2 Å². The number of carbonyl (C=O) groups excluding carboxylic acids is 3. The molecule has 2 aromatic carbocycles. The lowest BCUT2D eigenvalue weighted by atomic mass is 9.93. The molecule has 152 valence electrons. The van der Waals surface area contributed by atoms with Crippen LogP contribution in [0.25, 0.3) is 0 Å². The first kappa shape index (κ1) is 20.8. The van der Waals surface area contributed by atoms with Gasteiger partial charge in [-0.2, -0.15) is 0 Å². The molecule has 8 heteroatoms. The summed E-state index contributed by atoms with van der Waals surface area (Å²) in [6, 6.07) is 11.5. The number of anilines is 1. The Balaban J connectivity index is 1.70. The predicted octanol–water partition coefficient (Wildman–Crippen LogP) is 3.75. The normalized spacial score (nSPS) is 19.8. The topological polar surface area (TPSA) is 78.5 Å². The van der Waals surface area contributed by atoms with Crippen molar-refractivity contribution in [3.8, 4) is 0 Å². The van der Waals surface area contributed by atoms with E-state index in [1.54, 1.807) is 6.92 Å². The van der Waals surface area contributed by atoms with E-state index in [-0.39, 0.29) is 10.7 Å². The summed E-state index contributed by atoms with van der Waals surface area (Å²) >= 11 is 5.93. The molecule has 0 aliphatic carbocycles. The number of nitrogens with zero attached hydrogens (tertiary/aromatic N) is 1. The van der Waals surface area contributed by atoms with Gasteiger partial charge in [0, 0.05) is 0 Å². The molecule has 3 rings (SSSR count). The van der Waals surface area contributed by atoms with Crippen molar-refractivity contribution in [1.29, 1.82) is 0 Å². The maximum Gasteiger partial charge on any atom is 0.325 e. The third-order valence-corrected chi connectivity index (χ3v) is 5.32. The molecular formula is C21H21ClFN3O3. The van der Waals surface area contributed by atoms with Crippen molar-refractivity contribution in [2.24, 2.45) is 0 Å². The summed E-state index contributed by atoms with van der Waals surface area (Å²) in [7, 11) is 0. The van der Waals surface area contributed by atoms with Gasteiger partial charge in [-0.3, -0.25) is 9.59 Å². The number of aryl methyl sites for hydroxylation is 1. The van der Waals surface area contributed by atoms with Gasteiger partial charge in [-0.1, -0.05) is 41.9 Å². The molecule has 6 nitrogen and oxygen atoms in total. The zero-order chi connectivity index (χ0) is 21.2. The van der Waals surface area contributed by atoms with E-state index in [9.17, 15) is 18.8 Å². The molecule has 0 bridgehead atoms. The Morgan fingerprint density at radius 2 is 1.93 bits per heavy atom. The average molecular weight is 418 g/mol. The minimum atomic E-state index is -1.10. The molecule has 0 saturated carbocycles. The molecule has 2 atom stereocenters. The molecule has 0 spiro atoms. The zero-order valence-corrected chi connectivity index (χ0v) is 16.8. The fraction of sp³-hybridized carbons (Fsp3) is 0.286.